The number of para-hydroxylation sites is 1. The Balaban J connectivity index is 1.19. The van der Waals surface area contributed by atoms with Crippen molar-refractivity contribution in [1.29, 1.82) is 0 Å². The van der Waals surface area contributed by atoms with Crippen molar-refractivity contribution >= 4 is 43.5 Å². The summed E-state index contributed by atoms with van der Waals surface area (Å²) in [6.45, 7) is 0. The van der Waals surface area contributed by atoms with E-state index < -0.39 is 0 Å². The van der Waals surface area contributed by atoms with Crippen LogP contribution in [-0.2, 0) is 0 Å². The largest absolute Gasteiger partial charge is 0.456 e. The van der Waals surface area contributed by atoms with E-state index in [4.69, 9.17) is 14.4 Å². The van der Waals surface area contributed by atoms with E-state index in [1.165, 1.54) is 21.9 Å². The summed E-state index contributed by atoms with van der Waals surface area (Å²) in [4.78, 5) is 10.5. The van der Waals surface area contributed by atoms with E-state index in [-0.39, 0.29) is 0 Å². The Hall–Kier alpha value is -6.84. The van der Waals surface area contributed by atoms with Gasteiger partial charge in [0.15, 0.2) is 5.82 Å². The summed E-state index contributed by atoms with van der Waals surface area (Å²) in [6, 6.07) is 63.9. The zero-order valence-electron chi connectivity index (χ0n) is 27.6. The van der Waals surface area contributed by atoms with Crippen LogP contribution in [0.15, 0.2) is 186 Å². The fourth-order valence-corrected chi connectivity index (χ4v) is 7.43. The van der Waals surface area contributed by atoms with E-state index in [0.717, 1.165) is 71.9 Å². The predicted molar refractivity (Wildman–Crippen MR) is 212 cm³/mol. The molecule has 2 aromatic heterocycles. The minimum absolute atomic E-state index is 0.697. The number of furan rings is 1. The van der Waals surface area contributed by atoms with Crippen LogP contribution in [0.5, 0.6) is 0 Å². The van der Waals surface area contributed by atoms with Gasteiger partial charge in [-0.3, -0.25) is 0 Å². The van der Waals surface area contributed by atoms with Gasteiger partial charge >= 0.3 is 0 Å². The minimum atomic E-state index is 0.697. The van der Waals surface area contributed by atoms with Crippen molar-refractivity contribution in [3.05, 3.63) is 182 Å². The first-order valence-corrected chi connectivity index (χ1v) is 17.2. The molecule has 0 saturated carbocycles. The van der Waals surface area contributed by atoms with Crippen molar-refractivity contribution in [2.24, 2.45) is 0 Å². The summed E-state index contributed by atoms with van der Waals surface area (Å²) in [7, 11) is 0. The Bertz CT molecular complexity index is 2910. The normalized spacial score (nSPS) is 11.5. The van der Waals surface area contributed by atoms with Crippen LogP contribution in [0.4, 0.5) is 0 Å². The maximum atomic E-state index is 6.15. The van der Waals surface area contributed by atoms with Gasteiger partial charge in [0.1, 0.15) is 11.2 Å². The van der Waals surface area contributed by atoms with E-state index >= 15 is 0 Å². The molecule has 0 unspecified atom stereocenters. The molecule has 10 rings (SSSR count). The number of fused-ring (bicyclic) bond motifs is 5. The molecular weight excluding hydrogens is 621 g/mol. The SMILES string of the molecule is c1ccc(-c2cc(-c3cc(-c4ccc(-c5ccc6oc7ccccc7c6c5)c5ccccc45)nc(-c4ccccc4)n3)c3ccccc3c2)cc1. The first kappa shape index (κ1) is 29.1. The summed E-state index contributed by atoms with van der Waals surface area (Å²) >= 11 is 0. The average Bonchev–Trinajstić information content (AvgIpc) is 3.58. The third kappa shape index (κ3) is 5.06. The van der Waals surface area contributed by atoms with E-state index in [9.17, 15) is 0 Å². The molecule has 51 heavy (non-hydrogen) atoms. The van der Waals surface area contributed by atoms with Crippen LogP contribution in [0.1, 0.15) is 0 Å². The number of hydrogen-bond acceptors (Lipinski definition) is 3. The van der Waals surface area contributed by atoms with E-state index in [0.29, 0.717) is 5.82 Å². The first-order chi connectivity index (χ1) is 25.3. The van der Waals surface area contributed by atoms with Gasteiger partial charge in [-0.1, -0.05) is 146 Å². The molecule has 238 valence electrons. The lowest BCUT2D eigenvalue weighted by molar-refractivity contribution is 0.669. The summed E-state index contributed by atoms with van der Waals surface area (Å²) in [5.41, 5.74) is 11.3. The molecule has 0 bridgehead atoms. The molecule has 0 amide bonds. The van der Waals surface area contributed by atoms with Crippen molar-refractivity contribution in [2.75, 3.05) is 0 Å². The highest BCUT2D eigenvalue weighted by Crippen LogP contribution is 2.40. The first-order valence-electron chi connectivity index (χ1n) is 17.2. The van der Waals surface area contributed by atoms with Crippen LogP contribution in [0.3, 0.4) is 0 Å². The maximum absolute atomic E-state index is 6.15. The summed E-state index contributed by atoms with van der Waals surface area (Å²) < 4.78 is 6.15. The Morgan fingerprint density at radius 3 is 1.69 bits per heavy atom. The van der Waals surface area contributed by atoms with Gasteiger partial charge in [-0.25, -0.2) is 9.97 Å². The molecular formula is C48H30N2O. The fourth-order valence-electron chi connectivity index (χ4n) is 7.43. The van der Waals surface area contributed by atoms with Gasteiger partial charge in [0, 0.05) is 27.5 Å². The molecule has 2 heterocycles. The van der Waals surface area contributed by atoms with Gasteiger partial charge in [-0.2, -0.15) is 0 Å². The molecule has 0 aliphatic heterocycles. The number of nitrogens with zero attached hydrogens (tertiary/aromatic N) is 2. The summed E-state index contributed by atoms with van der Waals surface area (Å²) in [6.07, 6.45) is 0. The quantitative estimate of drug-likeness (QED) is 0.186. The Morgan fingerprint density at radius 1 is 0.314 bits per heavy atom. The number of benzene rings is 8. The van der Waals surface area contributed by atoms with Crippen LogP contribution in [0.2, 0.25) is 0 Å². The van der Waals surface area contributed by atoms with Gasteiger partial charge in [0.2, 0.25) is 0 Å². The van der Waals surface area contributed by atoms with Crippen LogP contribution in [0, 0.1) is 0 Å². The van der Waals surface area contributed by atoms with Gasteiger partial charge < -0.3 is 4.42 Å². The molecule has 0 N–H and O–H groups in total. The van der Waals surface area contributed by atoms with Crippen molar-refractivity contribution in [3.8, 4) is 56.2 Å². The molecule has 0 spiro atoms. The molecule has 0 aliphatic carbocycles. The maximum Gasteiger partial charge on any atom is 0.160 e. The monoisotopic (exact) mass is 650 g/mol. The van der Waals surface area contributed by atoms with Gasteiger partial charge in [0.25, 0.3) is 0 Å². The number of hydrogen-bond donors (Lipinski definition) is 0. The second kappa shape index (κ2) is 11.9. The van der Waals surface area contributed by atoms with Crippen LogP contribution in [0.25, 0.3) is 99.6 Å². The van der Waals surface area contributed by atoms with Gasteiger partial charge in [-0.05, 0) is 80.2 Å². The topological polar surface area (TPSA) is 38.9 Å². The van der Waals surface area contributed by atoms with Gasteiger partial charge in [0.05, 0.1) is 11.4 Å². The predicted octanol–water partition coefficient (Wildman–Crippen LogP) is 13.0. The molecule has 3 heteroatoms. The summed E-state index contributed by atoms with van der Waals surface area (Å²) in [5.74, 6) is 0.697. The Kier molecular flexibility index (Phi) is 6.81. The molecule has 0 fully saturated rings. The molecule has 0 saturated heterocycles. The molecule has 0 radical (unpaired) electrons. The van der Waals surface area contributed by atoms with Crippen molar-refractivity contribution in [3.63, 3.8) is 0 Å². The van der Waals surface area contributed by atoms with E-state index in [1.54, 1.807) is 0 Å². The fraction of sp³-hybridized carbons (Fsp3) is 0. The molecule has 3 nitrogen and oxygen atoms in total. The zero-order chi connectivity index (χ0) is 33.7. The standard InChI is InChI=1S/C48H30N2O/c1-3-13-31(14-4-1)35-27-33-17-7-8-18-36(33)42(29-35)45-30-44(49-48(50-45)32-15-5-2-6-16-32)40-25-24-37(38-19-9-10-20-39(38)40)34-23-26-47-43(28-34)41-21-11-12-22-46(41)51-47/h1-30H. The number of rotatable bonds is 5. The smallest absolute Gasteiger partial charge is 0.160 e. The average molecular weight is 651 g/mol. The lowest BCUT2D eigenvalue weighted by atomic mass is 9.92. The van der Waals surface area contributed by atoms with E-state index in [1.807, 2.05) is 30.3 Å². The lowest BCUT2D eigenvalue weighted by Crippen LogP contribution is -1.97. The number of aromatic nitrogens is 2. The van der Waals surface area contributed by atoms with Crippen LogP contribution >= 0.6 is 0 Å². The molecule has 8 aromatic carbocycles. The highest BCUT2D eigenvalue weighted by molar-refractivity contribution is 6.09. The minimum Gasteiger partial charge on any atom is -0.456 e. The summed E-state index contributed by atoms with van der Waals surface area (Å²) in [5, 5.41) is 6.88. The molecule has 10 aromatic rings. The lowest BCUT2D eigenvalue weighted by Gasteiger charge is -2.15. The van der Waals surface area contributed by atoms with Crippen molar-refractivity contribution in [1.82, 2.24) is 9.97 Å². The van der Waals surface area contributed by atoms with Crippen molar-refractivity contribution in [2.45, 2.75) is 0 Å². The second-order valence-corrected chi connectivity index (χ2v) is 13.0. The van der Waals surface area contributed by atoms with Crippen LogP contribution < -0.4 is 0 Å². The highest BCUT2D eigenvalue weighted by Gasteiger charge is 2.17. The van der Waals surface area contributed by atoms with Gasteiger partial charge in [-0.15, -0.1) is 0 Å². The molecule has 0 atom stereocenters. The third-order valence-electron chi connectivity index (χ3n) is 9.89. The second-order valence-electron chi connectivity index (χ2n) is 13.0. The zero-order valence-corrected chi connectivity index (χ0v) is 27.6. The van der Waals surface area contributed by atoms with Crippen molar-refractivity contribution < 1.29 is 4.42 Å². The third-order valence-corrected chi connectivity index (χ3v) is 9.89. The van der Waals surface area contributed by atoms with E-state index in [2.05, 4.69) is 152 Å². The molecule has 0 aliphatic rings. The highest BCUT2D eigenvalue weighted by atomic mass is 16.3. The Morgan fingerprint density at radius 2 is 0.902 bits per heavy atom. The van der Waals surface area contributed by atoms with Crippen LogP contribution in [-0.4, -0.2) is 9.97 Å². The Labute approximate surface area is 295 Å².